The van der Waals surface area contributed by atoms with E-state index in [-0.39, 0.29) is 16.0 Å². The van der Waals surface area contributed by atoms with Gasteiger partial charge in [-0.2, -0.15) is 4.73 Å². The number of aromatic hydroxyl groups is 2. The Balaban J connectivity index is 2.17. The van der Waals surface area contributed by atoms with Gasteiger partial charge in [-0.3, -0.25) is 10.1 Å². The van der Waals surface area contributed by atoms with Crippen molar-refractivity contribution >= 4 is 21.6 Å². The third kappa shape index (κ3) is 2.71. The molecule has 0 spiro atoms. The van der Waals surface area contributed by atoms with Crippen LogP contribution in [-0.4, -0.2) is 29.9 Å². The van der Waals surface area contributed by atoms with Crippen molar-refractivity contribution in [3.05, 3.63) is 49.9 Å². The van der Waals surface area contributed by atoms with Crippen LogP contribution < -0.4 is 4.73 Å². The maximum absolute atomic E-state index is 12.0. The van der Waals surface area contributed by atoms with E-state index in [1.54, 1.807) is 26.1 Å². The number of aryl methyl sites for hydroxylation is 1. The lowest BCUT2D eigenvalue weighted by atomic mass is 10.1. The number of nitrogens with zero attached hydrogens (tertiary/aromatic N) is 5. The lowest BCUT2D eigenvalue weighted by Gasteiger charge is -2.08. The minimum atomic E-state index is -0.824. The highest BCUT2D eigenvalue weighted by Gasteiger charge is 2.24. The maximum atomic E-state index is 12.0. The molecule has 0 aliphatic rings. The molecule has 2 aromatic heterocycles. The van der Waals surface area contributed by atoms with Crippen LogP contribution >= 0.6 is 15.9 Å². The van der Waals surface area contributed by atoms with Gasteiger partial charge in [0.25, 0.3) is 4.60 Å². The van der Waals surface area contributed by atoms with Crippen molar-refractivity contribution in [3.8, 4) is 34.3 Å². The number of pyridine rings is 1. The molecule has 3 aromatic rings. The molecule has 0 saturated heterocycles. The van der Waals surface area contributed by atoms with Gasteiger partial charge in [0.05, 0.1) is 4.92 Å². The standard InChI is InChI=1S/C15H12BrN5O5/c1-7-3-4-9(13(16)20(7)24)15-18-17-14(19(15)2)8-5-10(21(25)26)12(23)11(22)6-8/h3-6,22-23H,1-2H3. The Bertz CT molecular complexity index is 1050. The molecule has 0 amide bonds. The van der Waals surface area contributed by atoms with Crippen LogP contribution in [0.2, 0.25) is 0 Å². The van der Waals surface area contributed by atoms with Crippen LogP contribution in [0.5, 0.6) is 11.5 Å². The summed E-state index contributed by atoms with van der Waals surface area (Å²) >= 11 is 3.23. The molecule has 3 rings (SSSR count). The Labute approximate surface area is 154 Å². The third-order valence-corrected chi connectivity index (χ3v) is 4.60. The fourth-order valence-electron chi connectivity index (χ4n) is 2.46. The maximum Gasteiger partial charge on any atom is 0.315 e. The predicted molar refractivity (Wildman–Crippen MR) is 93.3 cm³/mol. The molecular weight excluding hydrogens is 410 g/mol. The number of halogens is 1. The molecule has 0 bridgehead atoms. The fraction of sp³-hybridized carbons (Fsp3) is 0.133. The van der Waals surface area contributed by atoms with Crippen molar-refractivity contribution in [1.29, 1.82) is 0 Å². The second-order valence-electron chi connectivity index (χ2n) is 5.50. The van der Waals surface area contributed by atoms with E-state index in [0.29, 0.717) is 21.8 Å². The van der Waals surface area contributed by atoms with Crippen LogP contribution in [0.25, 0.3) is 22.8 Å². The summed E-state index contributed by atoms with van der Waals surface area (Å²) < 4.78 is 2.46. The number of hydrogen-bond acceptors (Lipinski definition) is 7. The number of aromatic nitrogens is 4. The van der Waals surface area contributed by atoms with Gasteiger partial charge in [-0.25, -0.2) is 0 Å². The molecule has 0 aliphatic carbocycles. The zero-order valence-corrected chi connectivity index (χ0v) is 15.1. The van der Waals surface area contributed by atoms with E-state index in [9.17, 15) is 25.5 Å². The largest absolute Gasteiger partial charge is 0.618 e. The van der Waals surface area contributed by atoms with Gasteiger partial charge < -0.3 is 20.0 Å². The molecule has 1 aromatic carbocycles. The highest BCUT2D eigenvalue weighted by atomic mass is 79.9. The zero-order chi connectivity index (χ0) is 19.2. The van der Waals surface area contributed by atoms with Gasteiger partial charge in [-0.05, 0) is 12.1 Å². The molecule has 0 saturated carbocycles. The van der Waals surface area contributed by atoms with Crippen molar-refractivity contribution in [2.75, 3.05) is 0 Å². The summed E-state index contributed by atoms with van der Waals surface area (Å²) in [6.07, 6.45) is 0. The average molecular weight is 422 g/mol. The normalized spacial score (nSPS) is 10.9. The Morgan fingerprint density at radius 1 is 1.23 bits per heavy atom. The SMILES string of the molecule is Cc1ccc(-c2nnc(-c3cc(O)c(O)c([N+](=O)[O-])c3)n2C)c(Br)[n+]1[O-]. The fourth-order valence-corrected chi connectivity index (χ4v) is 3.05. The first-order valence-electron chi connectivity index (χ1n) is 7.21. The van der Waals surface area contributed by atoms with Crippen LogP contribution in [0.4, 0.5) is 5.69 Å². The van der Waals surface area contributed by atoms with Crippen molar-refractivity contribution in [1.82, 2.24) is 14.8 Å². The minimum absolute atomic E-state index is 0.187. The van der Waals surface area contributed by atoms with Gasteiger partial charge in [0.1, 0.15) is 5.56 Å². The highest BCUT2D eigenvalue weighted by molar-refractivity contribution is 9.10. The summed E-state index contributed by atoms with van der Waals surface area (Å²) in [6, 6.07) is 5.55. The molecule has 0 aliphatic heterocycles. The molecule has 26 heavy (non-hydrogen) atoms. The first kappa shape index (κ1) is 17.6. The summed E-state index contributed by atoms with van der Waals surface area (Å²) in [5.41, 5.74) is 0.497. The molecule has 0 fully saturated rings. The molecule has 2 N–H and O–H groups in total. The quantitative estimate of drug-likeness (QED) is 0.165. The predicted octanol–water partition coefficient (Wildman–Crippen LogP) is 2.17. The first-order chi connectivity index (χ1) is 12.2. The monoisotopic (exact) mass is 421 g/mol. The van der Waals surface area contributed by atoms with Crippen molar-refractivity contribution in [2.45, 2.75) is 6.92 Å². The average Bonchev–Trinajstić information content (AvgIpc) is 2.96. The molecule has 134 valence electrons. The van der Waals surface area contributed by atoms with E-state index in [0.717, 1.165) is 12.1 Å². The number of phenolic OH excluding ortho intramolecular Hbond substituents is 2. The highest BCUT2D eigenvalue weighted by Crippen LogP contribution is 2.39. The van der Waals surface area contributed by atoms with E-state index in [1.165, 1.54) is 4.57 Å². The summed E-state index contributed by atoms with van der Waals surface area (Å²) in [4.78, 5) is 10.2. The van der Waals surface area contributed by atoms with Gasteiger partial charge in [-0.15, -0.1) is 10.2 Å². The number of nitro groups is 1. The summed E-state index contributed by atoms with van der Waals surface area (Å²) in [7, 11) is 1.61. The van der Waals surface area contributed by atoms with E-state index in [2.05, 4.69) is 26.1 Å². The van der Waals surface area contributed by atoms with Gasteiger partial charge >= 0.3 is 5.69 Å². The van der Waals surface area contributed by atoms with Crippen LogP contribution in [0.3, 0.4) is 0 Å². The van der Waals surface area contributed by atoms with Gasteiger partial charge in [0, 0.05) is 47.6 Å². The van der Waals surface area contributed by atoms with Crippen LogP contribution in [0.1, 0.15) is 5.69 Å². The van der Waals surface area contributed by atoms with Crippen LogP contribution in [0.15, 0.2) is 28.9 Å². The summed E-state index contributed by atoms with van der Waals surface area (Å²) in [5.74, 6) is -0.919. The topological polar surface area (TPSA) is 141 Å². The van der Waals surface area contributed by atoms with Gasteiger partial charge in [0.15, 0.2) is 23.1 Å². The molecule has 0 atom stereocenters. The van der Waals surface area contributed by atoms with Crippen LogP contribution in [0, 0.1) is 22.2 Å². The number of nitro benzene ring substituents is 1. The van der Waals surface area contributed by atoms with E-state index in [4.69, 9.17) is 0 Å². The summed E-state index contributed by atoms with van der Waals surface area (Å²) in [6.45, 7) is 1.65. The van der Waals surface area contributed by atoms with E-state index < -0.39 is 22.1 Å². The molecule has 2 heterocycles. The van der Waals surface area contributed by atoms with Gasteiger partial charge in [0.2, 0.25) is 5.75 Å². The Morgan fingerprint density at radius 2 is 1.88 bits per heavy atom. The van der Waals surface area contributed by atoms with Crippen LogP contribution in [-0.2, 0) is 7.05 Å². The molecule has 11 heteroatoms. The minimum Gasteiger partial charge on any atom is -0.618 e. The molecule has 0 radical (unpaired) electrons. The lowest BCUT2D eigenvalue weighted by molar-refractivity contribution is -0.623. The lowest BCUT2D eigenvalue weighted by Crippen LogP contribution is -2.32. The Kier molecular flexibility index (Phi) is 4.24. The first-order valence-corrected chi connectivity index (χ1v) is 8.00. The summed E-state index contributed by atoms with van der Waals surface area (Å²) in [5, 5.41) is 50.4. The number of phenols is 2. The van der Waals surface area contributed by atoms with Crippen molar-refractivity contribution in [3.63, 3.8) is 0 Å². The zero-order valence-electron chi connectivity index (χ0n) is 13.5. The van der Waals surface area contributed by atoms with E-state index in [1.807, 2.05) is 0 Å². The number of rotatable bonds is 3. The molecule has 10 nitrogen and oxygen atoms in total. The number of benzene rings is 1. The Hall–Kier alpha value is -3.21. The third-order valence-electron chi connectivity index (χ3n) is 3.85. The van der Waals surface area contributed by atoms with Crippen molar-refractivity contribution < 1.29 is 19.9 Å². The second-order valence-corrected chi connectivity index (χ2v) is 6.25. The van der Waals surface area contributed by atoms with Crippen molar-refractivity contribution in [2.24, 2.45) is 7.05 Å². The Morgan fingerprint density at radius 3 is 2.54 bits per heavy atom. The number of hydrogen-bond donors (Lipinski definition) is 2. The van der Waals surface area contributed by atoms with Gasteiger partial charge in [-0.1, -0.05) is 0 Å². The second kappa shape index (κ2) is 6.26. The van der Waals surface area contributed by atoms with E-state index >= 15 is 0 Å². The molecular formula is C15H12BrN5O5. The molecule has 0 unspecified atom stereocenters. The smallest absolute Gasteiger partial charge is 0.315 e.